The summed E-state index contributed by atoms with van der Waals surface area (Å²) in [5.74, 6) is -0.848. The number of benzene rings is 1. The molecule has 0 unspecified atom stereocenters. The van der Waals surface area contributed by atoms with Gasteiger partial charge in [-0.2, -0.15) is 0 Å². The molecule has 202 valence electrons. The van der Waals surface area contributed by atoms with Crippen molar-refractivity contribution in [3.63, 3.8) is 0 Å². The zero-order chi connectivity index (χ0) is 27.0. The molecule has 0 saturated carbocycles. The molecule has 1 aromatic carbocycles. The molecule has 0 radical (unpaired) electrons. The molecule has 3 aromatic rings. The van der Waals surface area contributed by atoms with E-state index >= 15 is 0 Å². The highest BCUT2D eigenvalue weighted by molar-refractivity contribution is 6.33. The average Bonchev–Trinajstić information content (AvgIpc) is 3.48. The lowest BCUT2D eigenvalue weighted by molar-refractivity contribution is -0.203. The first-order valence-corrected chi connectivity index (χ1v) is 13.4. The van der Waals surface area contributed by atoms with Gasteiger partial charge in [0.05, 0.1) is 11.4 Å². The Morgan fingerprint density at radius 2 is 1.87 bits per heavy atom. The molecule has 0 spiro atoms. The molecule has 3 aliphatic heterocycles. The Labute approximate surface area is 230 Å². The van der Waals surface area contributed by atoms with E-state index in [4.69, 9.17) is 42.1 Å². The summed E-state index contributed by atoms with van der Waals surface area (Å²) in [5.41, 5.74) is 1.99. The van der Waals surface area contributed by atoms with Crippen LogP contribution < -0.4 is 0 Å². The van der Waals surface area contributed by atoms with Crippen LogP contribution in [0, 0.1) is 0 Å². The van der Waals surface area contributed by atoms with E-state index in [9.17, 15) is 4.79 Å². The molecular formula is C27H30Cl2N4O5. The topological polar surface area (TPSA) is 87.9 Å². The van der Waals surface area contributed by atoms with Crippen molar-refractivity contribution in [2.75, 3.05) is 6.54 Å². The number of halogens is 2. The van der Waals surface area contributed by atoms with Crippen LogP contribution in [0.3, 0.4) is 0 Å². The van der Waals surface area contributed by atoms with E-state index in [1.54, 1.807) is 4.90 Å². The van der Waals surface area contributed by atoms with Crippen LogP contribution in [0.2, 0.25) is 10.2 Å². The van der Waals surface area contributed by atoms with Crippen molar-refractivity contribution in [3.05, 3.63) is 58.1 Å². The Hall–Kier alpha value is -2.43. The van der Waals surface area contributed by atoms with Gasteiger partial charge in [0.15, 0.2) is 12.0 Å². The number of carbonyl (C=O) groups is 1. The van der Waals surface area contributed by atoms with Crippen molar-refractivity contribution in [1.29, 1.82) is 0 Å². The van der Waals surface area contributed by atoms with Gasteiger partial charge in [0.1, 0.15) is 41.0 Å². The number of ether oxygens (including phenoxy) is 4. The van der Waals surface area contributed by atoms with Crippen molar-refractivity contribution in [1.82, 2.24) is 19.4 Å². The van der Waals surface area contributed by atoms with Gasteiger partial charge in [0.2, 0.25) is 0 Å². The monoisotopic (exact) mass is 560 g/mol. The van der Waals surface area contributed by atoms with Crippen molar-refractivity contribution < 1.29 is 23.7 Å². The van der Waals surface area contributed by atoms with Gasteiger partial charge in [-0.25, -0.2) is 14.8 Å². The second-order valence-corrected chi connectivity index (χ2v) is 12.2. The summed E-state index contributed by atoms with van der Waals surface area (Å²) in [6, 6.07) is 7.12. The lowest BCUT2D eigenvalue weighted by atomic mass is 9.87. The molecule has 2 fully saturated rings. The third-order valence-corrected chi connectivity index (χ3v) is 7.66. The molecule has 6 rings (SSSR count). The summed E-state index contributed by atoms with van der Waals surface area (Å²) < 4.78 is 27.3. The largest absolute Gasteiger partial charge is 0.444 e. The number of hydrogen-bond donors (Lipinski definition) is 0. The fourth-order valence-electron chi connectivity index (χ4n) is 5.74. The Bertz CT molecular complexity index is 1400. The molecule has 0 N–H and O–H groups in total. The van der Waals surface area contributed by atoms with E-state index in [1.165, 1.54) is 6.33 Å². The Balaban J connectivity index is 1.45. The molecule has 0 bridgehead atoms. The first kappa shape index (κ1) is 25.8. The Morgan fingerprint density at radius 1 is 1.11 bits per heavy atom. The van der Waals surface area contributed by atoms with Crippen LogP contribution in [0.15, 0.2) is 36.8 Å². The predicted molar refractivity (Wildman–Crippen MR) is 141 cm³/mol. The van der Waals surface area contributed by atoms with Gasteiger partial charge in [-0.3, -0.25) is 4.90 Å². The van der Waals surface area contributed by atoms with Crippen LogP contribution in [0.5, 0.6) is 0 Å². The molecule has 2 saturated heterocycles. The number of rotatable bonds is 2. The van der Waals surface area contributed by atoms with Gasteiger partial charge < -0.3 is 23.5 Å². The second kappa shape index (κ2) is 9.06. The predicted octanol–water partition coefficient (Wildman–Crippen LogP) is 5.69. The van der Waals surface area contributed by atoms with Gasteiger partial charge in [0.25, 0.3) is 0 Å². The van der Waals surface area contributed by atoms with E-state index in [0.717, 1.165) is 11.1 Å². The highest BCUT2D eigenvalue weighted by atomic mass is 35.5. The highest BCUT2D eigenvalue weighted by Crippen LogP contribution is 2.50. The van der Waals surface area contributed by atoms with E-state index in [0.29, 0.717) is 34.2 Å². The summed E-state index contributed by atoms with van der Waals surface area (Å²) in [5, 5.41) is 1.72. The Morgan fingerprint density at radius 3 is 2.63 bits per heavy atom. The number of nitrogens with zero attached hydrogens (tertiary/aromatic N) is 4. The van der Waals surface area contributed by atoms with E-state index < -0.39 is 48.1 Å². The summed E-state index contributed by atoms with van der Waals surface area (Å²) in [4.78, 5) is 23.8. The lowest BCUT2D eigenvalue weighted by Crippen LogP contribution is -2.50. The number of aromatic nitrogens is 3. The van der Waals surface area contributed by atoms with Crippen molar-refractivity contribution in [2.45, 2.75) is 83.0 Å². The minimum atomic E-state index is -0.848. The minimum absolute atomic E-state index is 0.359. The van der Waals surface area contributed by atoms with Crippen molar-refractivity contribution in [3.8, 4) is 0 Å². The van der Waals surface area contributed by atoms with E-state index in [2.05, 4.69) is 9.97 Å². The van der Waals surface area contributed by atoms with Gasteiger partial charge >= 0.3 is 6.09 Å². The molecule has 11 heteroatoms. The first-order chi connectivity index (χ1) is 17.9. The third kappa shape index (κ3) is 4.44. The maximum atomic E-state index is 13.5. The van der Waals surface area contributed by atoms with Gasteiger partial charge in [-0.05, 0) is 70.4 Å². The number of fused-ring (bicyclic) bond motifs is 3. The molecule has 3 aliphatic rings. The van der Waals surface area contributed by atoms with E-state index in [1.807, 2.05) is 69.6 Å². The van der Waals surface area contributed by atoms with Crippen LogP contribution in [-0.4, -0.2) is 61.8 Å². The molecule has 5 atom stereocenters. The quantitative estimate of drug-likeness (QED) is 0.372. The van der Waals surface area contributed by atoms with Crippen LogP contribution in [-0.2, 0) is 25.4 Å². The molecule has 2 aromatic heterocycles. The maximum Gasteiger partial charge on any atom is 0.410 e. The van der Waals surface area contributed by atoms with Crippen LogP contribution in [0.4, 0.5) is 4.79 Å². The minimum Gasteiger partial charge on any atom is -0.444 e. The zero-order valence-corrected chi connectivity index (χ0v) is 23.4. The standard InChI is InChI=1S/C27H30Cl2N4O5/c1-26(2,3)38-25(34)32-10-8-14-12-15(28)6-7-16(14)18(32)19-20-21(37-27(4,5)36-20)24(35-19)33-11-9-17-22(29)30-13-31-23(17)33/h6-7,9,11-13,18-21,24H,8,10H2,1-5H3/t18-,19-,20-,21-,24-/m1/s1. The second-order valence-electron chi connectivity index (χ2n) is 11.4. The fraction of sp³-hybridized carbons (Fsp3) is 0.519. The number of carbonyl (C=O) groups excluding carboxylic acids is 1. The normalized spacial score (nSPS) is 28.4. The number of hydrogen-bond acceptors (Lipinski definition) is 7. The summed E-state index contributed by atoms with van der Waals surface area (Å²) in [6.45, 7) is 9.79. The van der Waals surface area contributed by atoms with Crippen LogP contribution in [0.1, 0.15) is 58.0 Å². The van der Waals surface area contributed by atoms with Crippen LogP contribution in [0.25, 0.3) is 11.0 Å². The van der Waals surface area contributed by atoms with Crippen molar-refractivity contribution in [2.24, 2.45) is 0 Å². The molecule has 1 amide bonds. The molecule has 38 heavy (non-hydrogen) atoms. The summed E-state index contributed by atoms with van der Waals surface area (Å²) >= 11 is 12.7. The molecular weight excluding hydrogens is 531 g/mol. The number of amides is 1. The Kier molecular flexibility index (Phi) is 6.16. The van der Waals surface area contributed by atoms with E-state index in [-0.39, 0.29) is 0 Å². The average molecular weight is 561 g/mol. The van der Waals surface area contributed by atoms with Crippen molar-refractivity contribution >= 4 is 40.3 Å². The lowest BCUT2D eigenvalue weighted by Gasteiger charge is -2.41. The van der Waals surface area contributed by atoms with Gasteiger partial charge in [-0.15, -0.1) is 0 Å². The maximum absolute atomic E-state index is 13.5. The molecule has 5 heterocycles. The highest BCUT2D eigenvalue weighted by Gasteiger charge is 2.60. The smallest absolute Gasteiger partial charge is 0.410 e. The zero-order valence-electron chi connectivity index (χ0n) is 21.9. The third-order valence-electron chi connectivity index (χ3n) is 7.12. The summed E-state index contributed by atoms with van der Waals surface area (Å²) in [6.07, 6.45) is 1.46. The summed E-state index contributed by atoms with van der Waals surface area (Å²) in [7, 11) is 0. The SMILES string of the molecule is CC(C)(C)OC(=O)N1CCc2cc(Cl)ccc2[C@@H]1[C@H]1O[C@@H](n2ccc3c(Cl)ncnc32)[C@@H]2OC(C)(C)O[C@@H]21. The molecule has 0 aliphatic carbocycles. The van der Waals surface area contributed by atoms with Crippen LogP contribution >= 0.6 is 23.2 Å². The molecule has 9 nitrogen and oxygen atoms in total. The van der Waals surface area contributed by atoms with Gasteiger partial charge in [-0.1, -0.05) is 29.3 Å². The fourth-order valence-corrected chi connectivity index (χ4v) is 6.12. The first-order valence-electron chi connectivity index (χ1n) is 12.7. The van der Waals surface area contributed by atoms with Gasteiger partial charge in [0, 0.05) is 17.8 Å².